The number of imide groups is 1. The molecule has 0 bridgehead atoms. The highest BCUT2D eigenvalue weighted by molar-refractivity contribution is 9.10. The van der Waals surface area contributed by atoms with Crippen molar-refractivity contribution in [2.24, 2.45) is 11.8 Å². The van der Waals surface area contributed by atoms with Crippen molar-refractivity contribution in [3.63, 3.8) is 0 Å². The zero-order chi connectivity index (χ0) is 17.3. The Kier molecular flexibility index (Phi) is 5.06. The lowest BCUT2D eigenvalue weighted by Gasteiger charge is -2.17. The molecule has 2 atom stereocenters. The van der Waals surface area contributed by atoms with Gasteiger partial charge in [0.1, 0.15) is 0 Å². The van der Waals surface area contributed by atoms with Crippen molar-refractivity contribution >= 4 is 50.9 Å². The summed E-state index contributed by atoms with van der Waals surface area (Å²) in [4.78, 5) is 38.0. The van der Waals surface area contributed by atoms with Crippen molar-refractivity contribution in [1.82, 2.24) is 4.90 Å². The molecule has 1 aliphatic carbocycles. The number of anilines is 1. The van der Waals surface area contributed by atoms with Crippen LogP contribution in [0.5, 0.6) is 0 Å². The molecule has 1 aromatic rings. The average Bonchev–Trinajstić information content (AvgIpc) is 2.78. The van der Waals surface area contributed by atoms with E-state index < -0.39 is 0 Å². The fourth-order valence-corrected chi connectivity index (χ4v) is 3.61. The molecule has 126 valence electrons. The fourth-order valence-electron chi connectivity index (χ4n) is 3.09. The van der Waals surface area contributed by atoms with E-state index in [0.29, 0.717) is 23.6 Å². The van der Waals surface area contributed by atoms with Crippen LogP contribution >= 0.6 is 27.5 Å². The minimum Gasteiger partial charge on any atom is -0.326 e. The first-order valence-electron chi connectivity index (χ1n) is 7.71. The fraction of sp³-hybridized carbons (Fsp3) is 0.353. The zero-order valence-electron chi connectivity index (χ0n) is 12.8. The maximum Gasteiger partial charge on any atom is 0.233 e. The number of carbonyl (C=O) groups excluding carboxylic acids is 3. The van der Waals surface area contributed by atoms with Crippen LogP contribution in [0.4, 0.5) is 5.69 Å². The van der Waals surface area contributed by atoms with Gasteiger partial charge in [-0.05, 0) is 37.1 Å². The smallest absolute Gasteiger partial charge is 0.233 e. The number of benzene rings is 1. The summed E-state index contributed by atoms with van der Waals surface area (Å²) >= 11 is 9.31. The third-order valence-electron chi connectivity index (χ3n) is 4.35. The molecule has 0 spiro atoms. The second-order valence-corrected chi connectivity index (χ2v) is 7.34. The van der Waals surface area contributed by atoms with Gasteiger partial charge in [0.25, 0.3) is 0 Å². The molecular formula is C17H16BrClN2O3. The minimum absolute atomic E-state index is 0.0775. The molecule has 0 aromatic heterocycles. The second-order valence-electron chi connectivity index (χ2n) is 5.94. The lowest BCUT2D eigenvalue weighted by molar-refractivity contribution is -0.140. The largest absolute Gasteiger partial charge is 0.326 e. The van der Waals surface area contributed by atoms with E-state index >= 15 is 0 Å². The van der Waals surface area contributed by atoms with Gasteiger partial charge in [-0.3, -0.25) is 19.3 Å². The molecule has 2 aliphatic rings. The van der Waals surface area contributed by atoms with Gasteiger partial charge in [0.15, 0.2) is 0 Å². The Bertz CT molecular complexity index is 717. The molecule has 24 heavy (non-hydrogen) atoms. The highest BCUT2D eigenvalue weighted by Crippen LogP contribution is 2.38. The van der Waals surface area contributed by atoms with Gasteiger partial charge in [0.05, 0.1) is 11.8 Å². The Morgan fingerprint density at radius 1 is 1.21 bits per heavy atom. The summed E-state index contributed by atoms with van der Waals surface area (Å²) in [5.41, 5.74) is 0.673. The van der Waals surface area contributed by atoms with Gasteiger partial charge in [-0.25, -0.2) is 0 Å². The number of carbonyl (C=O) groups is 3. The van der Waals surface area contributed by atoms with Crippen LogP contribution < -0.4 is 5.32 Å². The molecule has 1 saturated heterocycles. The molecular weight excluding hydrogens is 396 g/mol. The van der Waals surface area contributed by atoms with E-state index in [1.54, 1.807) is 18.2 Å². The minimum atomic E-state index is -0.371. The van der Waals surface area contributed by atoms with Crippen molar-refractivity contribution in [2.45, 2.75) is 19.3 Å². The van der Waals surface area contributed by atoms with Crippen molar-refractivity contribution < 1.29 is 14.4 Å². The van der Waals surface area contributed by atoms with Gasteiger partial charge in [0.2, 0.25) is 17.7 Å². The number of amides is 3. The summed E-state index contributed by atoms with van der Waals surface area (Å²) in [5.74, 6) is -1.34. The van der Waals surface area contributed by atoms with Crippen molar-refractivity contribution in [1.29, 1.82) is 0 Å². The molecule has 1 aliphatic heterocycles. The van der Waals surface area contributed by atoms with Crippen LogP contribution in [-0.4, -0.2) is 29.2 Å². The van der Waals surface area contributed by atoms with E-state index in [1.165, 1.54) is 4.90 Å². The van der Waals surface area contributed by atoms with Crippen molar-refractivity contribution in [2.75, 3.05) is 11.9 Å². The normalized spacial score (nSPS) is 23.1. The van der Waals surface area contributed by atoms with Crippen LogP contribution in [0, 0.1) is 11.8 Å². The zero-order valence-corrected chi connectivity index (χ0v) is 15.1. The van der Waals surface area contributed by atoms with Crippen molar-refractivity contribution in [3.8, 4) is 0 Å². The topological polar surface area (TPSA) is 66.5 Å². The van der Waals surface area contributed by atoms with Crippen LogP contribution in [0.2, 0.25) is 0 Å². The summed E-state index contributed by atoms with van der Waals surface area (Å²) in [5, 5.41) is 3.38. The Balaban J connectivity index is 1.57. The Labute approximate surface area is 153 Å². The van der Waals surface area contributed by atoms with E-state index in [2.05, 4.69) is 21.2 Å². The average molecular weight is 412 g/mol. The summed E-state index contributed by atoms with van der Waals surface area (Å²) in [6.45, 7) is 0.102. The number of halogens is 2. The number of likely N-dealkylation sites (tertiary alicyclic amines) is 1. The molecule has 1 N–H and O–H groups in total. The van der Waals surface area contributed by atoms with E-state index in [-0.39, 0.29) is 42.5 Å². The first-order chi connectivity index (χ1) is 11.5. The number of nitrogens with one attached hydrogen (secondary N) is 1. The quantitative estimate of drug-likeness (QED) is 0.773. The number of hydrogen-bond donors (Lipinski definition) is 1. The number of allylic oxidation sites excluding steroid dienone is 2. The maximum absolute atomic E-state index is 12.4. The van der Waals surface area contributed by atoms with E-state index in [9.17, 15) is 14.4 Å². The highest BCUT2D eigenvalue weighted by atomic mass is 79.9. The van der Waals surface area contributed by atoms with Crippen LogP contribution in [0.25, 0.3) is 0 Å². The number of nitrogens with zero attached hydrogens (tertiary/aromatic N) is 1. The standard InChI is InChI=1S/C17H16BrClN2O3/c18-10-1-4-12(5-2-10)20-15(22)7-8-21-16(23)13-6-3-11(19)9-14(13)17(21)24/h1-5,13-14H,6-9H2,(H,20,22)/t13-,14-/m0/s1. The predicted molar refractivity (Wildman–Crippen MR) is 94.3 cm³/mol. The van der Waals surface area contributed by atoms with Crippen LogP contribution in [0.1, 0.15) is 19.3 Å². The van der Waals surface area contributed by atoms with Crippen molar-refractivity contribution in [3.05, 3.63) is 39.8 Å². The Morgan fingerprint density at radius 2 is 1.88 bits per heavy atom. The molecule has 7 heteroatoms. The molecule has 3 rings (SSSR count). The van der Waals surface area contributed by atoms with Gasteiger partial charge in [-0.2, -0.15) is 0 Å². The summed E-state index contributed by atoms with van der Waals surface area (Å²) in [7, 11) is 0. The third-order valence-corrected chi connectivity index (χ3v) is 5.19. The first-order valence-corrected chi connectivity index (χ1v) is 8.88. The molecule has 0 radical (unpaired) electrons. The second kappa shape index (κ2) is 7.07. The van der Waals surface area contributed by atoms with Crippen LogP contribution in [-0.2, 0) is 14.4 Å². The summed E-state index contributed by atoms with van der Waals surface area (Å²) in [6.07, 6.45) is 2.79. The molecule has 0 unspecified atom stereocenters. The van der Waals surface area contributed by atoms with E-state index in [0.717, 1.165) is 4.47 Å². The third kappa shape index (κ3) is 3.54. The molecule has 1 heterocycles. The van der Waals surface area contributed by atoms with Gasteiger partial charge in [-0.1, -0.05) is 33.6 Å². The predicted octanol–water partition coefficient (Wildman–Crippen LogP) is 3.30. The van der Waals surface area contributed by atoms with Gasteiger partial charge < -0.3 is 5.32 Å². The lowest BCUT2D eigenvalue weighted by atomic mass is 9.85. The Hall–Kier alpha value is -1.66. The summed E-state index contributed by atoms with van der Waals surface area (Å²) in [6, 6.07) is 7.20. The lowest BCUT2D eigenvalue weighted by Crippen LogP contribution is -2.34. The SMILES string of the molecule is O=C(CCN1C(=O)[C@H]2CC=C(Cl)C[C@@H]2C1=O)Nc1ccc(Br)cc1. The van der Waals surface area contributed by atoms with E-state index in [4.69, 9.17) is 11.6 Å². The maximum atomic E-state index is 12.4. The number of rotatable bonds is 4. The Morgan fingerprint density at radius 3 is 2.58 bits per heavy atom. The molecule has 1 fully saturated rings. The molecule has 3 amide bonds. The van der Waals surface area contributed by atoms with Crippen LogP contribution in [0.3, 0.4) is 0 Å². The molecule has 1 aromatic carbocycles. The van der Waals surface area contributed by atoms with E-state index in [1.807, 2.05) is 12.1 Å². The number of fused-ring (bicyclic) bond motifs is 1. The monoisotopic (exact) mass is 410 g/mol. The van der Waals surface area contributed by atoms with Gasteiger partial charge in [0, 0.05) is 28.2 Å². The molecule has 0 saturated carbocycles. The van der Waals surface area contributed by atoms with Gasteiger partial charge in [-0.15, -0.1) is 0 Å². The first kappa shape index (κ1) is 17.2. The van der Waals surface area contributed by atoms with Gasteiger partial charge >= 0.3 is 0 Å². The van der Waals surface area contributed by atoms with Crippen LogP contribution in [0.15, 0.2) is 39.8 Å². The summed E-state index contributed by atoms with van der Waals surface area (Å²) < 4.78 is 0.920. The highest BCUT2D eigenvalue weighted by Gasteiger charge is 2.48. The number of hydrogen-bond acceptors (Lipinski definition) is 3. The molecule has 5 nitrogen and oxygen atoms in total.